The van der Waals surface area contributed by atoms with Crippen molar-refractivity contribution in [2.24, 2.45) is 5.14 Å². The standard InChI is InChI=1S/C23H17FN6O2S/c24-21-14-27-23(29-19-8-10-20(11-9-19)33(26,31)32)30-22(21)28-18-6-4-16(5-7-18)17-3-1-2-15(12-17)13-25/h1-12,14H,(H2,26,31,32)(H2,27,28,29,30). The van der Waals surface area contributed by atoms with Gasteiger partial charge in [-0.3, -0.25) is 0 Å². The van der Waals surface area contributed by atoms with E-state index in [0.717, 1.165) is 17.3 Å². The average molecular weight is 460 g/mol. The number of halogens is 1. The van der Waals surface area contributed by atoms with Crippen molar-refractivity contribution in [2.45, 2.75) is 4.90 Å². The van der Waals surface area contributed by atoms with Crippen molar-refractivity contribution in [3.8, 4) is 17.2 Å². The van der Waals surface area contributed by atoms with Crippen LogP contribution >= 0.6 is 0 Å². The fraction of sp³-hybridized carbons (Fsp3) is 0. The predicted molar refractivity (Wildman–Crippen MR) is 123 cm³/mol. The van der Waals surface area contributed by atoms with Crippen LogP contribution in [-0.4, -0.2) is 18.4 Å². The monoisotopic (exact) mass is 460 g/mol. The molecule has 1 aromatic heterocycles. The molecule has 4 rings (SSSR count). The summed E-state index contributed by atoms with van der Waals surface area (Å²) in [4.78, 5) is 8.03. The van der Waals surface area contributed by atoms with E-state index in [1.54, 1.807) is 24.3 Å². The van der Waals surface area contributed by atoms with Gasteiger partial charge in [-0.25, -0.2) is 22.9 Å². The van der Waals surface area contributed by atoms with Crippen molar-refractivity contribution >= 4 is 33.2 Å². The first-order valence-electron chi connectivity index (χ1n) is 9.62. The SMILES string of the molecule is N#Cc1cccc(-c2ccc(Nc3nc(Nc4ccc(S(N)(=O)=O)cc4)ncc3F)cc2)c1. The molecule has 10 heteroatoms. The third-order valence-corrected chi connectivity index (χ3v) is 5.58. The summed E-state index contributed by atoms with van der Waals surface area (Å²) >= 11 is 0. The molecule has 0 aliphatic heterocycles. The van der Waals surface area contributed by atoms with E-state index in [-0.39, 0.29) is 16.7 Å². The van der Waals surface area contributed by atoms with Gasteiger partial charge in [0, 0.05) is 11.4 Å². The molecule has 0 fully saturated rings. The number of nitrogens with zero attached hydrogens (tertiary/aromatic N) is 3. The Labute approximate surface area is 189 Å². The third kappa shape index (κ3) is 5.30. The Morgan fingerprint density at radius 3 is 2.24 bits per heavy atom. The van der Waals surface area contributed by atoms with E-state index < -0.39 is 15.8 Å². The number of hydrogen-bond acceptors (Lipinski definition) is 7. The van der Waals surface area contributed by atoms with E-state index in [2.05, 4.69) is 26.7 Å². The third-order valence-electron chi connectivity index (χ3n) is 4.66. The molecule has 4 N–H and O–H groups in total. The van der Waals surface area contributed by atoms with E-state index in [4.69, 9.17) is 10.4 Å². The minimum atomic E-state index is -3.80. The summed E-state index contributed by atoms with van der Waals surface area (Å²) < 4.78 is 37.0. The lowest BCUT2D eigenvalue weighted by Gasteiger charge is -2.10. The highest BCUT2D eigenvalue weighted by Crippen LogP contribution is 2.25. The molecule has 164 valence electrons. The Balaban J connectivity index is 1.50. The Morgan fingerprint density at radius 1 is 0.909 bits per heavy atom. The van der Waals surface area contributed by atoms with Gasteiger partial charge >= 0.3 is 0 Å². The highest BCUT2D eigenvalue weighted by molar-refractivity contribution is 7.89. The molecular weight excluding hydrogens is 443 g/mol. The molecule has 0 aliphatic carbocycles. The van der Waals surface area contributed by atoms with Gasteiger partial charge in [-0.1, -0.05) is 24.3 Å². The van der Waals surface area contributed by atoms with Crippen molar-refractivity contribution in [3.05, 3.63) is 90.4 Å². The minimum absolute atomic E-state index is 0.0294. The first-order chi connectivity index (χ1) is 15.8. The fourth-order valence-corrected chi connectivity index (χ4v) is 3.54. The van der Waals surface area contributed by atoms with Crippen LogP contribution in [0.15, 0.2) is 83.9 Å². The fourth-order valence-electron chi connectivity index (χ4n) is 3.02. The zero-order chi connectivity index (χ0) is 23.4. The minimum Gasteiger partial charge on any atom is -0.338 e. The van der Waals surface area contributed by atoms with Gasteiger partial charge in [0.25, 0.3) is 0 Å². The second-order valence-electron chi connectivity index (χ2n) is 6.98. The summed E-state index contributed by atoms with van der Waals surface area (Å²) in [7, 11) is -3.80. The zero-order valence-electron chi connectivity index (χ0n) is 17.0. The number of benzene rings is 3. The molecule has 0 saturated heterocycles. The number of hydrogen-bond donors (Lipinski definition) is 3. The Kier molecular flexibility index (Phi) is 5.99. The largest absolute Gasteiger partial charge is 0.338 e. The van der Waals surface area contributed by atoms with Gasteiger partial charge in [0.15, 0.2) is 11.6 Å². The smallest absolute Gasteiger partial charge is 0.238 e. The lowest BCUT2D eigenvalue weighted by molar-refractivity contribution is 0.598. The van der Waals surface area contributed by atoms with Gasteiger partial charge in [0.05, 0.1) is 22.7 Å². The number of nitriles is 1. The van der Waals surface area contributed by atoms with Gasteiger partial charge in [-0.15, -0.1) is 0 Å². The van der Waals surface area contributed by atoms with Gasteiger partial charge in [-0.05, 0) is 59.7 Å². The van der Waals surface area contributed by atoms with Crippen molar-refractivity contribution in [2.75, 3.05) is 10.6 Å². The van der Waals surface area contributed by atoms with E-state index in [0.29, 0.717) is 16.9 Å². The first kappa shape index (κ1) is 21.9. The van der Waals surface area contributed by atoms with E-state index >= 15 is 0 Å². The number of nitrogens with two attached hydrogens (primary N) is 1. The lowest BCUT2D eigenvalue weighted by atomic mass is 10.0. The van der Waals surface area contributed by atoms with Crippen LogP contribution < -0.4 is 15.8 Å². The van der Waals surface area contributed by atoms with Gasteiger partial charge in [0.2, 0.25) is 16.0 Å². The highest BCUT2D eigenvalue weighted by atomic mass is 32.2. The molecular formula is C23H17FN6O2S. The van der Waals surface area contributed by atoms with Crippen LogP contribution in [-0.2, 0) is 10.0 Å². The highest BCUT2D eigenvalue weighted by Gasteiger charge is 2.10. The molecule has 8 nitrogen and oxygen atoms in total. The van der Waals surface area contributed by atoms with Crippen molar-refractivity contribution < 1.29 is 12.8 Å². The van der Waals surface area contributed by atoms with Gasteiger partial charge in [0.1, 0.15) is 0 Å². The van der Waals surface area contributed by atoms with Crippen LogP contribution in [0.2, 0.25) is 0 Å². The van der Waals surface area contributed by atoms with Crippen LogP contribution in [0, 0.1) is 17.1 Å². The number of aromatic nitrogens is 2. The molecule has 0 bridgehead atoms. The normalized spacial score (nSPS) is 10.9. The first-order valence-corrected chi connectivity index (χ1v) is 11.2. The van der Waals surface area contributed by atoms with Crippen LogP contribution in [0.25, 0.3) is 11.1 Å². The summed E-state index contributed by atoms with van der Waals surface area (Å²) in [5, 5.41) is 20.0. The summed E-state index contributed by atoms with van der Waals surface area (Å²) in [5.74, 6) is -0.559. The molecule has 0 radical (unpaired) electrons. The van der Waals surface area contributed by atoms with E-state index in [1.165, 1.54) is 24.3 Å². The van der Waals surface area contributed by atoms with Crippen LogP contribution in [0.4, 0.5) is 27.5 Å². The van der Waals surface area contributed by atoms with Crippen molar-refractivity contribution in [3.63, 3.8) is 0 Å². The molecule has 1 heterocycles. The maximum Gasteiger partial charge on any atom is 0.238 e. The number of primary sulfonamides is 1. The van der Waals surface area contributed by atoms with Crippen LogP contribution in [0.3, 0.4) is 0 Å². The van der Waals surface area contributed by atoms with Crippen LogP contribution in [0.5, 0.6) is 0 Å². The molecule has 0 amide bonds. The summed E-state index contributed by atoms with van der Waals surface area (Å²) in [5.41, 5.74) is 3.48. The number of sulfonamides is 1. The predicted octanol–water partition coefficient (Wildman–Crippen LogP) is 4.29. The Hall–Kier alpha value is -4.33. The second-order valence-corrected chi connectivity index (χ2v) is 8.54. The number of rotatable bonds is 6. The van der Waals surface area contributed by atoms with Crippen LogP contribution in [0.1, 0.15) is 5.56 Å². The average Bonchev–Trinajstić information content (AvgIpc) is 2.81. The summed E-state index contributed by atoms with van der Waals surface area (Å²) in [6.07, 6.45) is 1.03. The number of nitrogens with one attached hydrogen (secondary N) is 2. The molecule has 0 atom stereocenters. The summed E-state index contributed by atoms with van der Waals surface area (Å²) in [6, 6.07) is 22.3. The molecule has 0 saturated carbocycles. The molecule has 0 aliphatic rings. The van der Waals surface area contributed by atoms with Crippen molar-refractivity contribution in [1.29, 1.82) is 5.26 Å². The van der Waals surface area contributed by atoms with Crippen molar-refractivity contribution in [1.82, 2.24) is 9.97 Å². The van der Waals surface area contributed by atoms with Gasteiger partial charge < -0.3 is 10.6 Å². The molecule has 0 unspecified atom stereocenters. The van der Waals surface area contributed by atoms with Gasteiger partial charge in [-0.2, -0.15) is 10.2 Å². The molecule has 0 spiro atoms. The topological polar surface area (TPSA) is 134 Å². The maximum absolute atomic E-state index is 14.3. The Morgan fingerprint density at radius 2 is 1.58 bits per heavy atom. The molecule has 33 heavy (non-hydrogen) atoms. The van der Waals surface area contributed by atoms with E-state index in [1.807, 2.05) is 24.3 Å². The Bertz CT molecular complexity index is 1450. The molecule has 3 aromatic carbocycles. The molecule has 4 aromatic rings. The lowest BCUT2D eigenvalue weighted by Crippen LogP contribution is -2.11. The van der Waals surface area contributed by atoms with E-state index in [9.17, 15) is 12.8 Å². The maximum atomic E-state index is 14.3. The second kappa shape index (κ2) is 9.04. The summed E-state index contributed by atoms with van der Waals surface area (Å²) in [6.45, 7) is 0. The zero-order valence-corrected chi connectivity index (χ0v) is 17.8. The quantitative estimate of drug-likeness (QED) is 0.391. The number of anilines is 4.